The Morgan fingerprint density at radius 2 is 1.76 bits per heavy atom. The number of quaternary nitrogens is 1. The van der Waals surface area contributed by atoms with E-state index in [4.69, 9.17) is 4.74 Å². The number of nitrogens with one attached hydrogen (secondary N) is 1. The van der Waals surface area contributed by atoms with E-state index < -0.39 is 0 Å². The molecule has 3 nitrogen and oxygen atoms in total. The molecule has 3 atom stereocenters. The molecule has 2 N–H and O–H groups in total. The minimum Gasteiger partial charge on any atom is -0.385 e. The molecule has 1 aliphatic heterocycles. The van der Waals surface area contributed by atoms with Crippen molar-refractivity contribution in [2.45, 2.75) is 89.7 Å². The Morgan fingerprint density at radius 1 is 1.08 bits per heavy atom. The van der Waals surface area contributed by atoms with Crippen LogP contribution in [0.4, 0.5) is 0 Å². The normalized spacial score (nSPS) is 44.2. The first kappa shape index (κ1) is 18.3. The molecule has 0 aromatic heterocycles. The summed E-state index contributed by atoms with van der Waals surface area (Å²) in [4.78, 5) is 1.62. The number of ether oxygens (including phenoxy) is 1. The number of rotatable bonds is 8. The maximum atomic E-state index is 10.4. The van der Waals surface area contributed by atoms with Crippen LogP contribution in [0.1, 0.15) is 77.6 Å². The van der Waals surface area contributed by atoms with Gasteiger partial charge in [0.1, 0.15) is 12.6 Å². The van der Waals surface area contributed by atoms with Crippen LogP contribution in [-0.2, 0) is 4.74 Å². The van der Waals surface area contributed by atoms with Crippen LogP contribution in [-0.4, -0.2) is 43.6 Å². The van der Waals surface area contributed by atoms with Crippen LogP contribution < -0.4 is 4.90 Å². The number of hydrogen-bond acceptors (Lipinski definition) is 2. The van der Waals surface area contributed by atoms with Crippen LogP contribution >= 0.6 is 0 Å². The fourth-order valence-corrected chi connectivity index (χ4v) is 7.38. The number of likely N-dealkylation sites (tertiary alicyclic amines) is 1. The third kappa shape index (κ3) is 4.25. The van der Waals surface area contributed by atoms with Crippen molar-refractivity contribution in [2.24, 2.45) is 23.2 Å². The zero-order valence-electron chi connectivity index (χ0n) is 16.3. The smallest absolute Gasteiger partial charge is 0.126 e. The zero-order valence-corrected chi connectivity index (χ0v) is 16.3. The van der Waals surface area contributed by atoms with Gasteiger partial charge in [0.05, 0.1) is 19.2 Å². The lowest BCUT2D eigenvalue weighted by atomic mass is 9.49. The van der Waals surface area contributed by atoms with E-state index in [0.717, 1.165) is 36.9 Å². The molecule has 5 aliphatic rings. The minimum absolute atomic E-state index is 0.279. The Labute approximate surface area is 154 Å². The van der Waals surface area contributed by atoms with Crippen molar-refractivity contribution in [3.63, 3.8) is 0 Å². The molecule has 1 heterocycles. The topological polar surface area (TPSA) is 33.9 Å². The highest BCUT2D eigenvalue weighted by Crippen LogP contribution is 2.61. The van der Waals surface area contributed by atoms with E-state index in [1.165, 1.54) is 77.2 Å². The molecular formula is C22H40NO2+. The molecule has 5 fully saturated rings. The largest absolute Gasteiger partial charge is 0.385 e. The quantitative estimate of drug-likeness (QED) is 0.660. The molecule has 144 valence electrons. The van der Waals surface area contributed by atoms with Crippen LogP contribution in [0.5, 0.6) is 0 Å². The van der Waals surface area contributed by atoms with E-state index in [-0.39, 0.29) is 6.10 Å². The second-order valence-electron chi connectivity index (χ2n) is 10.1. The maximum Gasteiger partial charge on any atom is 0.126 e. The van der Waals surface area contributed by atoms with Crippen LogP contribution in [0, 0.1) is 23.2 Å². The Kier molecular flexibility index (Phi) is 5.74. The number of aliphatic hydroxyl groups excluding tert-OH is 1. The second-order valence-corrected chi connectivity index (χ2v) is 10.1. The van der Waals surface area contributed by atoms with Crippen molar-refractivity contribution in [2.75, 3.05) is 26.3 Å². The lowest BCUT2D eigenvalue weighted by Gasteiger charge is -2.57. The lowest BCUT2D eigenvalue weighted by Crippen LogP contribution is -3.17. The number of piperidine rings is 1. The average molecular weight is 351 g/mol. The molecule has 4 saturated carbocycles. The SMILES string of the molecule is CC[C@@H]1CCCC[NH+]1C[C@H](O)COCCC12CC3CC(CC(C3)C1)C2. The van der Waals surface area contributed by atoms with E-state index in [2.05, 4.69) is 6.92 Å². The van der Waals surface area contributed by atoms with Crippen LogP contribution in [0.25, 0.3) is 0 Å². The van der Waals surface area contributed by atoms with Gasteiger partial charge in [-0.25, -0.2) is 0 Å². The van der Waals surface area contributed by atoms with Gasteiger partial charge in [-0.3, -0.25) is 0 Å². The Balaban J connectivity index is 1.17. The summed E-state index contributed by atoms with van der Waals surface area (Å²) in [6.07, 6.45) is 15.2. The Hall–Kier alpha value is -0.120. The van der Waals surface area contributed by atoms with Gasteiger partial charge in [0.25, 0.3) is 0 Å². The van der Waals surface area contributed by atoms with Crippen LogP contribution in [0.15, 0.2) is 0 Å². The molecule has 0 spiro atoms. The van der Waals surface area contributed by atoms with Gasteiger partial charge in [0, 0.05) is 6.61 Å². The van der Waals surface area contributed by atoms with Gasteiger partial charge in [-0.1, -0.05) is 6.92 Å². The summed E-state index contributed by atoms with van der Waals surface area (Å²) in [6.45, 7) is 5.84. The number of aliphatic hydroxyl groups is 1. The third-order valence-corrected chi connectivity index (χ3v) is 8.12. The maximum absolute atomic E-state index is 10.4. The van der Waals surface area contributed by atoms with E-state index >= 15 is 0 Å². The molecular weight excluding hydrogens is 310 g/mol. The first-order chi connectivity index (χ1) is 12.2. The Morgan fingerprint density at radius 3 is 2.40 bits per heavy atom. The molecule has 25 heavy (non-hydrogen) atoms. The molecule has 3 heteroatoms. The third-order valence-electron chi connectivity index (χ3n) is 8.12. The molecule has 5 rings (SSSR count). The molecule has 0 aromatic rings. The van der Waals surface area contributed by atoms with Gasteiger partial charge in [-0.2, -0.15) is 0 Å². The molecule has 0 aromatic carbocycles. The molecule has 4 aliphatic carbocycles. The zero-order chi connectivity index (χ0) is 17.3. The molecule has 0 radical (unpaired) electrons. The van der Waals surface area contributed by atoms with Gasteiger partial charge >= 0.3 is 0 Å². The van der Waals surface area contributed by atoms with Gasteiger partial charge in [-0.15, -0.1) is 0 Å². The first-order valence-corrected chi connectivity index (χ1v) is 11.3. The Bertz CT molecular complexity index is 402. The van der Waals surface area contributed by atoms with Crippen molar-refractivity contribution in [3.8, 4) is 0 Å². The van der Waals surface area contributed by atoms with Crippen LogP contribution in [0.3, 0.4) is 0 Å². The van der Waals surface area contributed by atoms with Crippen molar-refractivity contribution < 1.29 is 14.7 Å². The highest BCUT2D eigenvalue weighted by atomic mass is 16.5. The standard InChI is InChI=1S/C22H39NO2/c1-2-20-5-3-4-7-23(20)15-21(24)16-25-8-6-22-12-17-9-18(13-22)11-19(10-17)14-22/h17-21,24H,2-16H2,1H3/p+1/t17?,18?,19?,20-,21+,22?/m1/s1. The summed E-state index contributed by atoms with van der Waals surface area (Å²) >= 11 is 0. The van der Waals surface area contributed by atoms with Gasteiger partial charge in [-0.05, 0) is 93.8 Å². The fraction of sp³-hybridized carbons (Fsp3) is 1.00. The highest BCUT2D eigenvalue weighted by molar-refractivity contribution is 5.01. The summed E-state index contributed by atoms with van der Waals surface area (Å²) in [6, 6.07) is 0.760. The van der Waals surface area contributed by atoms with E-state index in [0.29, 0.717) is 12.0 Å². The van der Waals surface area contributed by atoms with Gasteiger partial charge in [0.15, 0.2) is 0 Å². The summed E-state index contributed by atoms with van der Waals surface area (Å²) < 4.78 is 5.98. The average Bonchev–Trinajstić information content (AvgIpc) is 2.58. The fourth-order valence-electron chi connectivity index (χ4n) is 7.38. The highest BCUT2D eigenvalue weighted by Gasteiger charge is 2.50. The second kappa shape index (κ2) is 7.86. The van der Waals surface area contributed by atoms with Crippen molar-refractivity contribution >= 4 is 0 Å². The number of hydrogen-bond donors (Lipinski definition) is 2. The van der Waals surface area contributed by atoms with E-state index in [1.54, 1.807) is 4.90 Å². The first-order valence-electron chi connectivity index (χ1n) is 11.3. The van der Waals surface area contributed by atoms with Gasteiger partial charge < -0.3 is 14.7 Å². The molecule has 1 saturated heterocycles. The monoisotopic (exact) mass is 350 g/mol. The molecule has 4 bridgehead atoms. The summed E-state index contributed by atoms with van der Waals surface area (Å²) in [5, 5.41) is 10.4. The molecule has 1 unspecified atom stereocenters. The predicted octanol–water partition coefficient (Wildman–Crippen LogP) is 2.82. The van der Waals surface area contributed by atoms with Crippen molar-refractivity contribution in [1.29, 1.82) is 0 Å². The summed E-state index contributed by atoms with van der Waals surface area (Å²) in [5.74, 6) is 3.10. The van der Waals surface area contributed by atoms with Crippen molar-refractivity contribution in [3.05, 3.63) is 0 Å². The minimum atomic E-state index is -0.279. The lowest BCUT2D eigenvalue weighted by molar-refractivity contribution is -0.933. The van der Waals surface area contributed by atoms with Crippen molar-refractivity contribution in [1.82, 2.24) is 0 Å². The predicted molar refractivity (Wildman–Crippen MR) is 101 cm³/mol. The van der Waals surface area contributed by atoms with E-state index in [9.17, 15) is 5.11 Å². The van der Waals surface area contributed by atoms with E-state index in [1.807, 2.05) is 0 Å². The van der Waals surface area contributed by atoms with Gasteiger partial charge in [0.2, 0.25) is 0 Å². The summed E-state index contributed by atoms with van der Waals surface area (Å²) in [5.41, 5.74) is 0.616. The molecule has 0 amide bonds. The summed E-state index contributed by atoms with van der Waals surface area (Å²) in [7, 11) is 0. The van der Waals surface area contributed by atoms with Crippen LogP contribution in [0.2, 0.25) is 0 Å².